The van der Waals surface area contributed by atoms with Gasteiger partial charge in [0.25, 0.3) is 0 Å². The van der Waals surface area contributed by atoms with Crippen molar-refractivity contribution in [2.45, 2.75) is 31.5 Å². The summed E-state index contributed by atoms with van der Waals surface area (Å²) in [6, 6.07) is 21.9. The molecule has 0 bridgehead atoms. The lowest BCUT2D eigenvalue weighted by Gasteiger charge is -2.57. The van der Waals surface area contributed by atoms with Crippen LogP contribution in [0.4, 0.5) is 0 Å². The number of benzene rings is 2. The molecule has 1 aliphatic rings. The van der Waals surface area contributed by atoms with Crippen LogP contribution < -0.4 is 5.73 Å². The number of likely N-dealkylation sites (tertiary alicyclic amines) is 1. The first-order valence-corrected chi connectivity index (χ1v) is 7.23. The number of hydrogen-bond donors (Lipinski definition) is 1. The summed E-state index contributed by atoms with van der Waals surface area (Å²) in [5.41, 5.74) is 8.90. The second-order valence-corrected chi connectivity index (χ2v) is 6.14. The van der Waals surface area contributed by atoms with E-state index in [0.717, 1.165) is 6.54 Å². The zero-order valence-corrected chi connectivity index (χ0v) is 12.2. The van der Waals surface area contributed by atoms with Gasteiger partial charge in [-0.25, -0.2) is 0 Å². The van der Waals surface area contributed by atoms with E-state index in [1.165, 1.54) is 11.1 Å². The average molecular weight is 266 g/mol. The van der Waals surface area contributed by atoms with Gasteiger partial charge in [0.05, 0.1) is 6.04 Å². The molecule has 2 nitrogen and oxygen atoms in total. The maximum atomic E-state index is 6.20. The van der Waals surface area contributed by atoms with Crippen molar-refractivity contribution in [3.63, 3.8) is 0 Å². The summed E-state index contributed by atoms with van der Waals surface area (Å²) in [4.78, 5) is 2.50. The molecule has 20 heavy (non-hydrogen) atoms. The molecule has 2 aromatic carbocycles. The molecule has 0 aliphatic carbocycles. The molecule has 1 fully saturated rings. The molecule has 0 aromatic heterocycles. The van der Waals surface area contributed by atoms with E-state index in [1.807, 2.05) is 0 Å². The number of nitrogens with zero attached hydrogens (tertiary/aromatic N) is 1. The van der Waals surface area contributed by atoms with Gasteiger partial charge in [0.1, 0.15) is 0 Å². The van der Waals surface area contributed by atoms with Crippen LogP contribution in [0.25, 0.3) is 0 Å². The van der Waals surface area contributed by atoms with Crippen LogP contribution in [-0.2, 0) is 0 Å². The van der Waals surface area contributed by atoms with Crippen LogP contribution in [0, 0.1) is 0 Å². The van der Waals surface area contributed by atoms with Gasteiger partial charge in [0.15, 0.2) is 0 Å². The third-order valence-corrected chi connectivity index (χ3v) is 4.58. The molecule has 104 valence electrons. The highest BCUT2D eigenvalue weighted by molar-refractivity contribution is 5.33. The molecule has 0 amide bonds. The maximum absolute atomic E-state index is 6.20. The third kappa shape index (κ3) is 2.15. The molecular formula is C18H22N2. The third-order valence-electron chi connectivity index (χ3n) is 4.58. The standard InChI is InChI=1S/C18H22N2/c1-18(2)16(19)13-20(18)17(14-9-5-3-6-10-14)15-11-7-4-8-12-15/h3-12,16-17H,13,19H2,1-2H3. The van der Waals surface area contributed by atoms with Crippen LogP contribution >= 0.6 is 0 Å². The Morgan fingerprint density at radius 3 is 1.75 bits per heavy atom. The van der Waals surface area contributed by atoms with Crippen LogP contribution in [0.1, 0.15) is 31.0 Å². The minimum absolute atomic E-state index is 0.0380. The van der Waals surface area contributed by atoms with Crippen molar-refractivity contribution in [1.82, 2.24) is 4.90 Å². The Labute approximate surface area is 121 Å². The largest absolute Gasteiger partial charge is 0.325 e. The Balaban J connectivity index is 2.02. The zero-order chi connectivity index (χ0) is 14.2. The summed E-state index contributed by atoms with van der Waals surface area (Å²) in [5.74, 6) is 0. The van der Waals surface area contributed by atoms with E-state index in [1.54, 1.807) is 0 Å². The van der Waals surface area contributed by atoms with Crippen molar-refractivity contribution < 1.29 is 0 Å². The Kier molecular flexibility index (Phi) is 3.36. The predicted octanol–water partition coefficient (Wildman–Crippen LogP) is 3.20. The second-order valence-electron chi connectivity index (χ2n) is 6.14. The molecule has 1 aliphatic heterocycles. The predicted molar refractivity (Wildman–Crippen MR) is 83.5 cm³/mol. The van der Waals surface area contributed by atoms with Crippen LogP contribution in [0.2, 0.25) is 0 Å². The summed E-state index contributed by atoms with van der Waals surface area (Å²) >= 11 is 0. The van der Waals surface area contributed by atoms with Crippen LogP contribution in [0.15, 0.2) is 60.7 Å². The van der Waals surface area contributed by atoms with Gasteiger partial charge in [0, 0.05) is 18.1 Å². The van der Waals surface area contributed by atoms with Crippen LogP contribution in [0.5, 0.6) is 0 Å². The minimum atomic E-state index is 0.0380. The van der Waals surface area contributed by atoms with Gasteiger partial charge in [-0.3, -0.25) is 4.90 Å². The second kappa shape index (κ2) is 5.04. The smallest absolute Gasteiger partial charge is 0.0607 e. The number of hydrogen-bond acceptors (Lipinski definition) is 2. The fraction of sp³-hybridized carbons (Fsp3) is 0.333. The monoisotopic (exact) mass is 266 g/mol. The Bertz CT molecular complexity index is 523. The maximum Gasteiger partial charge on any atom is 0.0607 e. The minimum Gasteiger partial charge on any atom is -0.325 e. The summed E-state index contributed by atoms with van der Waals surface area (Å²) in [6.45, 7) is 5.42. The summed E-state index contributed by atoms with van der Waals surface area (Å²) < 4.78 is 0. The molecular weight excluding hydrogens is 244 g/mol. The van der Waals surface area contributed by atoms with Gasteiger partial charge in [-0.2, -0.15) is 0 Å². The summed E-state index contributed by atoms with van der Waals surface area (Å²) in [7, 11) is 0. The van der Waals surface area contributed by atoms with E-state index in [4.69, 9.17) is 5.73 Å². The molecule has 1 heterocycles. The number of nitrogens with two attached hydrogens (primary N) is 1. The highest BCUT2D eigenvalue weighted by Crippen LogP contribution is 2.40. The normalized spacial score (nSPS) is 21.7. The molecule has 0 spiro atoms. The molecule has 1 atom stereocenters. The van der Waals surface area contributed by atoms with Crippen molar-refractivity contribution in [3.05, 3.63) is 71.8 Å². The van der Waals surface area contributed by atoms with Gasteiger partial charge >= 0.3 is 0 Å². The fourth-order valence-electron chi connectivity index (χ4n) is 3.03. The van der Waals surface area contributed by atoms with Gasteiger partial charge in [-0.05, 0) is 25.0 Å². The Morgan fingerprint density at radius 2 is 1.40 bits per heavy atom. The topological polar surface area (TPSA) is 29.3 Å². The SMILES string of the molecule is CC1(C)C(N)CN1C(c1ccccc1)c1ccccc1. The first-order valence-electron chi connectivity index (χ1n) is 7.23. The zero-order valence-electron chi connectivity index (χ0n) is 12.2. The first-order chi connectivity index (χ1) is 9.60. The van der Waals surface area contributed by atoms with E-state index in [0.29, 0.717) is 0 Å². The molecule has 1 unspecified atom stereocenters. The molecule has 0 saturated carbocycles. The summed E-state index contributed by atoms with van der Waals surface area (Å²) in [6.07, 6.45) is 0. The van der Waals surface area contributed by atoms with E-state index >= 15 is 0 Å². The fourth-order valence-corrected chi connectivity index (χ4v) is 3.03. The van der Waals surface area contributed by atoms with E-state index in [-0.39, 0.29) is 17.6 Å². The highest BCUT2D eigenvalue weighted by atomic mass is 15.3. The lowest BCUT2D eigenvalue weighted by molar-refractivity contribution is -0.0355. The van der Waals surface area contributed by atoms with Crippen LogP contribution in [-0.4, -0.2) is 23.0 Å². The molecule has 0 radical (unpaired) electrons. The lowest BCUT2D eigenvalue weighted by atomic mass is 9.79. The first kappa shape index (κ1) is 13.3. The summed E-state index contributed by atoms with van der Waals surface area (Å²) in [5, 5.41) is 0. The number of rotatable bonds is 3. The Hall–Kier alpha value is -1.64. The van der Waals surface area contributed by atoms with Gasteiger partial charge < -0.3 is 5.73 Å². The molecule has 2 N–H and O–H groups in total. The van der Waals surface area contributed by atoms with Crippen molar-refractivity contribution in [3.8, 4) is 0 Å². The molecule has 3 rings (SSSR count). The van der Waals surface area contributed by atoms with Crippen molar-refractivity contribution in [2.24, 2.45) is 5.73 Å². The van der Waals surface area contributed by atoms with Crippen molar-refractivity contribution in [1.29, 1.82) is 0 Å². The molecule has 2 aromatic rings. The van der Waals surface area contributed by atoms with Gasteiger partial charge in [0.2, 0.25) is 0 Å². The van der Waals surface area contributed by atoms with E-state index < -0.39 is 0 Å². The van der Waals surface area contributed by atoms with Crippen molar-refractivity contribution in [2.75, 3.05) is 6.54 Å². The van der Waals surface area contributed by atoms with E-state index in [2.05, 4.69) is 79.4 Å². The van der Waals surface area contributed by atoms with E-state index in [9.17, 15) is 0 Å². The lowest BCUT2D eigenvalue weighted by Crippen LogP contribution is -2.71. The highest BCUT2D eigenvalue weighted by Gasteiger charge is 2.47. The van der Waals surface area contributed by atoms with Crippen LogP contribution in [0.3, 0.4) is 0 Å². The molecule has 1 saturated heterocycles. The van der Waals surface area contributed by atoms with Gasteiger partial charge in [-0.1, -0.05) is 60.7 Å². The van der Waals surface area contributed by atoms with Gasteiger partial charge in [-0.15, -0.1) is 0 Å². The Morgan fingerprint density at radius 1 is 0.950 bits per heavy atom. The average Bonchev–Trinajstić information content (AvgIpc) is 2.49. The molecule has 2 heteroatoms. The van der Waals surface area contributed by atoms with Crippen molar-refractivity contribution >= 4 is 0 Å². The quantitative estimate of drug-likeness (QED) is 0.924.